The second-order valence-electron chi connectivity index (χ2n) is 5.38. The van der Waals surface area contributed by atoms with E-state index >= 15 is 0 Å². The molecule has 1 aromatic heterocycles. The molecule has 1 rings (SSSR count). The van der Waals surface area contributed by atoms with Crippen molar-refractivity contribution in [1.29, 1.82) is 0 Å². The van der Waals surface area contributed by atoms with Gasteiger partial charge >= 0.3 is 5.97 Å². The Kier molecular flexibility index (Phi) is 4.14. The number of carboxylic acid groups (broad SMARTS) is 1. The highest BCUT2D eigenvalue weighted by Crippen LogP contribution is 2.01. The Morgan fingerprint density at radius 2 is 1.89 bits per heavy atom. The SMILES string of the molecule is Cc1ccc(C(=O)O)c(=O)n1CC(=O)NC(C)(C)C. The quantitative estimate of drug-likeness (QED) is 0.845. The standard InChI is InChI=1S/C13H18N2O4/c1-8-5-6-9(12(18)19)11(17)15(8)7-10(16)14-13(2,3)4/h5-6H,7H2,1-4H3,(H,14,16)(H,18,19). The van der Waals surface area contributed by atoms with E-state index in [4.69, 9.17) is 5.11 Å². The maximum absolute atomic E-state index is 11.9. The average Bonchev–Trinajstić information content (AvgIpc) is 2.21. The van der Waals surface area contributed by atoms with E-state index in [1.807, 2.05) is 20.8 Å². The summed E-state index contributed by atoms with van der Waals surface area (Å²) in [5.74, 6) is -1.63. The number of hydrogen-bond donors (Lipinski definition) is 2. The van der Waals surface area contributed by atoms with Gasteiger partial charge < -0.3 is 15.0 Å². The third-order valence-electron chi connectivity index (χ3n) is 2.44. The molecule has 0 bridgehead atoms. The monoisotopic (exact) mass is 266 g/mol. The predicted octanol–water partition coefficient (Wildman–Crippen LogP) is 0.770. The van der Waals surface area contributed by atoms with Crippen LogP contribution in [0.2, 0.25) is 0 Å². The first-order valence-corrected chi connectivity index (χ1v) is 5.86. The summed E-state index contributed by atoms with van der Waals surface area (Å²) in [6.45, 7) is 6.94. The normalized spacial score (nSPS) is 11.2. The van der Waals surface area contributed by atoms with E-state index < -0.39 is 17.1 Å². The van der Waals surface area contributed by atoms with E-state index in [0.29, 0.717) is 5.69 Å². The van der Waals surface area contributed by atoms with Gasteiger partial charge in [0.05, 0.1) is 0 Å². The summed E-state index contributed by atoms with van der Waals surface area (Å²) in [5, 5.41) is 11.6. The van der Waals surface area contributed by atoms with Crippen molar-refractivity contribution < 1.29 is 14.7 Å². The molecular formula is C13H18N2O4. The lowest BCUT2D eigenvalue weighted by molar-refractivity contribution is -0.123. The molecule has 2 N–H and O–H groups in total. The summed E-state index contributed by atoms with van der Waals surface area (Å²) in [6, 6.07) is 2.76. The fraction of sp³-hybridized carbons (Fsp3) is 0.462. The number of nitrogens with zero attached hydrogens (tertiary/aromatic N) is 1. The predicted molar refractivity (Wildman–Crippen MR) is 70.3 cm³/mol. The van der Waals surface area contributed by atoms with E-state index in [9.17, 15) is 14.4 Å². The molecule has 0 atom stereocenters. The van der Waals surface area contributed by atoms with Crippen molar-refractivity contribution >= 4 is 11.9 Å². The second kappa shape index (κ2) is 5.26. The van der Waals surface area contributed by atoms with Crippen molar-refractivity contribution in [1.82, 2.24) is 9.88 Å². The van der Waals surface area contributed by atoms with Crippen LogP contribution in [0.5, 0.6) is 0 Å². The smallest absolute Gasteiger partial charge is 0.341 e. The lowest BCUT2D eigenvalue weighted by Gasteiger charge is -2.21. The molecule has 1 aromatic rings. The molecule has 0 fully saturated rings. The maximum atomic E-state index is 11.9. The zero-order chi connectivity index (χ0) is 14.8. The number of aromatic nitrogens is 1. The van der Waals surface area contributed by atoms with Gasteiger partial charge in [0.2, 0.25) is 5.91 Å². The van der Waals surface area contributed by atoms with Crippen molar-refractivity contribution in [2.24, 2.45) is 0 Å². The van der Waals surface area contributed by atoms with Gasteiger partial charge in [-0.05, 0) is 39.8 Å². The summed E-state index contributed by atoms with van der Waals surface area (Å²) >= 11 is 0. The van der Waals surface area contributed by atoms with Crippen LogP contribution in [0, 0.1) is 6.92 Å². The molecule has 0 radical (unpaired) electrons. The molecule has 6 nitrogen and oxygen atoms in total. The molecule has 0 spiro atoms. The van der Waals surface area contributed by atoms with Crippen LogP contribution in [-0.4, -0.2) is 27.1 Å². The first-order chi connectivity index (χ1) is 8.61. The van der Waals surface area contributed by atoms with Crippen molar-refractivity contribution in [3.05, 3.63) is 33.7 Å². The summed E-state index contributed by atoms with van der Waals surface area (Å²) in [5.41, 5.74) is -0.872. The van der Waals surface area contributed by atoms with Crippen molar-refractivity contribution in [2.75, 3.05) is 0 Å². The van der Waals surface area contributed by atoms with Crippen molar-refractivity contribution in [3.8, 4) is 0 Å². The number of nitrogens with one attached hydrogen (secondary N) is 1. The van der Waals surface area contributed by atoms with E-state index in [1.165, 1.54) is 12.1 Å². The van der Waals surface area contributed by atoms with Crippen LogP contribution in [-0.2, 0) is 11.3 Å². The van der Waals surface area contributed by atoms with Crippen LogP contribution >= 0.6 is 0 Å². The molecule has 0 aliphatic heterocycles. The zero-order valence-corrected chi connectivity index (χ0v) is 11.5. The fourth-order valence-electron chi connectivity index (χ4n) is 1.63. The first-order valence-electron chi connectivity index (χ1n) is 5.86. The highest BCUT2D eigenvalue weighted by atomic mass is 16.4. The Bertz CT molecular complexity index is 567. The Balaban J connectivity index is 3.08. The number of carbonyl (C=O) groups excluding carboxylic acids is 1. The molecule has 104 valence electrons. The van der Waals surface area contributed by atoms with Gasteiger partial charge in [0, 0.05) is 11.2 Å². The van der Waals surface area contributed by atoms with Gasteiger partial charge in [-0.15, -0.1) is 0 Å². The molecule has 0 saturated carbocycles. The van der Waals surface area contributed by atoms with Gasteiger partial charge in [-0.1, -0.05) is 0 Å². The molecule has 1 amide bonds. The van der Waals surface area contributed by atoms with Crippen molar-refractivity contribution in [3.63, 3.8) is 0 Å². The second-order valence-corrected chi connectivity index (χ2v) is 5.38. The number of rotatable bonds is 3. The fourth-order valence-corrected chi connectivity index (χ4v) is 1.63. The lowest BCUT2D eigenvalue weighted by atomic mass is 10.1. The van der Waals surface area contributed by atoms with E-state index in [-0.39, 0.29) is 18.0 Å². The summed E-state index contributed by atoms with van der Waals surface area (Å²) in [4.78, 5) is 34.6. The minimum Gasteiger partial charge on any atom is -0.477 e. The van der Waals surface area contributed by atoms with Crippen LogP contribution in [0.25, 0.3) is 0 Å². The summed E-state index contributed by atoms with van der Waals surface area (Å²) < 4.78 is 1.16. The molecule has 6 heteroatoms. The average molecular weight is 266 g/mol. The summed E-state index contributed by atoms with van der Waals surface area (Å²) in [6.07, 6.45) is 0. The maximum Gasteiger partial charge on any atom is 0.341 e. The molecule has 19 heavy (non-hydrogen) atoms. The zero-order valence-electron chi connectivity index (χ0n) is 11.5. The molecule has 0 unspecified atom stereocenters. The van der Waals surface area contributed by atoms with E-state index in [0.717, 1.165) is 4.57 Å². The first kappa shape index (κ1) is 14.9. The van der Waals surface area contributed by atoms with Crippen LogP contribution < -0.4 is 10.9 Å². The topological polar surface area (TPSA) is 88.4 Å². The van der Waals surface area contributed by atoms with Crippen LogP contribution in [0.4, 0.5) is 0 Å². The lowest BCUT2D eigenvalue weighted by Crippen LogP contribution is -2.44. The van der Waals surface area contributed by atoms with Crippen LogP contribution in [0.1, 0.15) is 36.8 Å². The number of carboxylic acids is 1. The minimum absolute atomic E-state index is 0.191. The van der Waals surface area contributed by atoms with Gasteiger partial charge in [0.25, 0.3) is 5.56 Å². The largest absolute Gasteiger partial charge is 0.477 e. The van der Waals surface area contributed by atoms with Gasteiger partial charge in [0.1, 0.15) is 12.1 Å². The molecular weight excluding hydrogens is 248 g/mol. The van der Waals surface area contributed by atoms with E-state index in [1.54, 1.807) is 6.92 Å². The molecule has 0 saturated heterocycles. The van der Waals surface area contributed by atoms with Gasteiger partial charge in [-0.25, -0.2) is 4.79 Å². The molecule has 0 aromatic carbocycles. The summed E-state index contributed by atoms with van der Waals surface area (Å²) in [7, 11) is 0. The highest BCUT2D eigenvalue weighted by Gasteiger charge is 2.17. The molecule has 0 aliphatic rings. The third kappa shape index (κ3) is 3.94. The van der Waals surface area contributed by atoms with Crippen molar-refractivity contribution in [2.45, 2.75) is 39.8 Å². The number of pyridine rings is 1. The number of aromatic carboxylic acids is 1. The van der Waals surface area contributed by atoms with Crippen LogP contribution in [0.3, 0.4) is 0 Å². The number of carbonyl (C=O) groups is 2. The number of amides is 1. The Labute approximate surface area is 111 Å². The Morgan fingerprint density at radius 3 is 2.37 bits per heavy atom. The number of hydrogen-bond acceptors (Lipinski definition) is 3. The van der Waals surface area contributed by atoms with Gasteiger partial charge in [-0.3, -0.25) is 9.59 Å². The van der Waals surface area contributed by atoms with Gasteiger partial charge in [-0.2, -0.15) is 0 Å². The highest BCUT2D eigenvalue weighted by molar-refractivity contribution is 5.87. The van der Waals surface area contributed by atoms with Crippen LogP contribution in [0.15, 0.2) is 16.9 Å². The molecule has 0 aliphatic carbocycles. The minimum atomic E-state index is -1.30. The van der Waals surface area contributed by atoms with E-state index in [2.05, 4.69) is 5.32 Å². The third-order valence-corrected chi connectivity index (χ3v) is 2.44. The van der Waals surface area contributed by atoms with Gasteiger partial charge in [0.15, 0.2) is 0 Å². The Morgan fingerprint density at radius 1 is 1.32 bits per heavy atom. The Hall–Kier alpha value is -2.11. The number of aryl methyl sites for hydroxylation is 1. The molecule has 1 heterocycles.